The SMILES string of the molecule is Cc1ccc(C)c(N=Cc2ccc(OCC(N)=O)cc2)c1. The third kappa shape index (κ3) is 4.45. The van der Waals surface area contributed by atoms with E-state index >= 15 is 0 Å². The summed E-state index contributed by atoms with van der Waals surface area (Å²) in [5, 5.41) is 0. The summed E-state index contributed by atoms with van der Waals surface area (Å²) in [5.41, 5.74) is 9.27. The Hall–Kier alpha value is -2.62. The van der Waals surface area contributed by atoms with Gasteiger partial charge in [-0.3, -0.25) is 9.79 Å². The quantitative estimate of drug-likeness (QED) is 0.857. The van der Waals surface area contributed by atoms with Crippen LogP contribution in [0.1, 0.15) is 16.7 Å². The minimum atomic E-state index is -0.490. The maximum absolute atomic E-state index is 10.6. The van der Waals surface area contributed by atoms with Crippen molar-refractivity contribution in [3.63, 3.8) is 0 Å². The number of carbonyl (C=O) groups is 1. The minimum Gasteiger partial charge on any atom is -0.484 e. The molecular weight excluding hydrogens is 264 g/mol. The molecule has 0 radical (unpaired) electrons. The van der Waals surface area contributed by atoms with Gasteiger partial charge >= 0.3 is 0 Å². The lowest BCUT2D eigenvalue weighted by atomic mass is 10.1. The van der Waals surface area contributed by atoms with E-state index < -0.39 is 5.91 Å². The monoisotopic (exact) mass is 282 g/mol. The van der Waals surface area contributed by atoms with Crippen molar-refractivity contribution < 1.29 is 9.53 Å². The first-order valence-electron chi connectivity index (χ1n) is 6.67. The average Bonchev–Trinajstić information content (AvgIpc) is 2.47. The van der Waals surface area contributed by atoms with Gasteiger partial charge in [-0.25, -0.2) is 0 Å². The van der Waals surface area contributed by atoms with E-state index in [-0.39, 0.29) is 6.61 Å². The zero-order valence-electron chi connectivity index (χ0n) is 12.2. The largest absolute Gasteiger partial charge is 0.484 e. The Balaban J connectivity index is 2.07. The smallest absolute Gasteiger partial charge is 0.255 e. The normalized spacial score (nSPS) is 10.8. The van der Waals surface area contributed by atoms with Crippen LogP contribution in [0.3, 0.4) is 0 Å². The van der Waals surface area contributed by atoms with Crippen molar-refractivity contribution >= 4 is 17.8 Å². The molecule has 4 nitrogen and oxygen atoms in total. The molecule has 2 aromatic rings. The predicted octanol–water partition coefficient (Wildman–Crippen LogP) is 2.92. The summed E-state index contributed by atoms with van der Waals surface area (Å²) in [7, 11) is 0. The third-order valence-electron chi connectivity index (χ3n) is 2.98. The molecule has 0 atom stereocenters. The highest BCUT2D eigenvalue weighted by Gasteiger charge is 1.98. The van der Waals surface area contributed by atoms with Crippen molar-refractivity contribution in [3.05, 3.63) is 59.2 Å². The van der Waals surface area contributed by atoms with Crippen LogP contribution >= 0.6 is 0 Å². The molecule has 2 rings (SSSR count). The number of carbonyl (C=O) groups excluding carboxylic acids is 1. The molecule has 0 spiro atoms. The Morgan fingerprint density at radius 2 is 1.90 bits per heavy atom. The van der Waals surface area contributed by atoms with Crippen LogP contribution in [-0.2, 0) is 4.79 Å². The number of primary amides is 1. The Morgan fingerprint density at radius 1 is 1.19 bits per heavy atom. The molecule has 0 aliphatic heterocycles. The highest BCUT2D eigenvalue weighted by Crippen LogP contribution is 2.20. The molecule has 0 bridgehead atoms. The Bertz CT molecular complexity index is 661. The summed E-state index contributed by atoms with van der Waals surface area (Å²) >= 11 is 0. The number of benzene rings is 2. The van der Waals surface area contributed by atoms with Gasteiger partial charge in [0.15, 0.2) is 6.61 Å². The van der Waals surface area contributed by atoms with Crippen molar-refractivity contribution in [2.24, 2.45) is 10.7 Å². The molecule has 21 heavy (non-hydrogen) atoms. The molecule has 0 heterocycles. The van der Waals surface area contributed by atoms with Gasteiger partial charge in [-0.15, -0.1) is 0 Å². The second kappa shape index (κ2) is 6.70. The summed E-state index contributed by atoms with van der Waals surface area (Å²) in [5.74, 6) is 0.119. The van der Waals surface area contributed by atoms with Crippen LogP contribution in [-0.4, -0.2) is 18.7 Å². The Labute approximate surface area is 124 Å². The van der Waals surface area contributed by atoms with E-state index in [1.165, 1.54) is 5.56 Å². The number of rotatable bonds is 5. The highest BCUT2D eigenvalue weighted by atomic mass is 16.5. The molecule has 0 aliphatic carbocycles. The summed E-state index contributed by atoms with van der Waals surface area (Å²) in [4.78, 5) is 15.1. The molecule has 1 amide bonds. The zero-order chi connectivity index (χ0) is 15.2. The lowest BCUT2D eigenvalue weighted by Crippen LogP contribution is -2.19. The second-order valence-corrected chi connectivity index (χ2v) is 4.87. The molecule has 2 N–H and O–H groups in total. The summed E-state index contributed by atoms with van der Waals surface area (Å²) in [6, 6.07) is 13.5. The lowest BCUT2D eigenvalue weighted by Gasteiger charge is -2.04. The number of nitrogens with zero attached hydrogens (tertiary/aromatic N) is 1. The Kier molecular flexibility index (Phi) is 4.72. The van der Waals surface area contributed by atoms with Gasteiger partial charge in [-0.1, -0.05) is 12.1 Å². The van der Waals surface area contributed by atoms with Gasteiger partial charge in [-0.05, 0) is 60.9 Å². The first kappa shape index (κ1) is 14.8. The van der Waals surface area contributed by atoms with E-state index in [9.17, 15) is 4.79 Å². The van der Waals surface area contributed by atoms with Crippen molar-refractivity contribution in [3.8, 4) is 5.75 Å². The van der Waals surface area contributed by atoms with E-state index in [0.717, 1.165) is 16.8 Å². The van der Waals surface area contributed by atoms with Crippen LogP contribution < -0.4 is 10.5 Å². The number of hydrogen-bond acceptors (Lipinski definition) is 3. The van der Waals surface area contributed by atoms with Crippen LogP contribution in [0.2, 0.25) is 0 Å². The molecule has 0 fully saturated rings. The second-order valence-electron chi connectivity index (χ2n) is 4.87. The summed E-state index contributed by atoms with van der Waals surface area (Å²) in [6.07, 6.45) is 1.81. The fourth-order valence-corrected chi connectivity index (χ4v) is 1.81. The fourth-order valence-electron chi connectivity index (χ4n) is 1.81. The molecule has 0 saturated heterocycles. The fraction of sp³-hybridized carbons (Fsp3) is 0.176. The number of aliphatic imine (C=N–C) groups is 1. The van der Waals surface area contributed by atoms with E-state index in [1.54, 1.807) is 18.3 Å². The van der Waals surface area contributed by atoms with Crippen molar-refractivity contribution in [2.75, 3.05) is 6.61 Å². The molecular formula is C17H18N2O2. The Morgan fingerprint density at radius 3 is 2.57 bits per heavy atom. The van der Waals surface area contributed by atoms with Gasteiger partial charge in [0.1, 0.15) is 5.75 Å². The number of aryl methyl sites for hydroxylation is 2. The number of ether oxygens (including phenoxy) is 1. The lowest BCUT2D eigenvalue weighted by molar-refractivity contribution is -0.119. The standard InChI is InChI=1S/C17H18N2O2/c1-12-3-4-13(2)16(9-12)19-10-14-5-7-15(8-6-14)21-11-17(18)20/h3-10H,11H2,1-2H3,(H2,18,20). The van der Waals surface area contributed by atoms with E-state index in [4.69, 9.17) is 10.5 Å². The molecule has 0 aliphatic rings. The van der Waals surface area contributed by atoms with Crippen LogP contribution in [0.4, 0.5) is 5.69 Å². The van der Waals surface area contributed by atoms with Crippen LogP contribution in [0.5, 0.6) is 5.75 Å². The van der Waals surface area contributed by atoms with E-state index in [1.807, 2.05) is 26.0 Å². The van der Waals surface area contributed by atoms with Crippen LogP contribution in [0.15, 0.2) is 47.5 Å². The minimum absolute atomic E-state index is 0.115. The number of hydrogen-bond donors (Lipinski definition) is 1. The van der Waals surface area contributed by atoms with Crippen LogP contribution in [0.25, 0.3) is 0 Å². The molecule has 2 aromatic carbocycles. The zero-order valence-corrected chi connectivity index (χ0v) is 12.2. The summed E-state index contributed by atoms with van der Waals surface area (Å²) in [6.45, 7) is 3.96. The molecule has 0 unspecified atom stereocenters. The molecule has 4 heteroatoms. The van der Waals surface area contributed by atoms with Gasteiger partial charge in [0, 0.05) is 6.21 Å². The van der Waals surface area contributed by atoms with Gasteiger partial charge in [0.05, 0.1) is 5.69 Å². The van der Waals surface area contributed by atoms with Gasteiger partial charge in [-0.2, -0.15) is 0 Å². The van der Waals surface area contributed by atoms with Gasteiger partial charge < -0.3 is 10.5 Å². The van der Waals surface area contributed by atoms with E-state index in [0.29, 0.717) is 5.75 Å². The topological polar surface area (TPSA) is 64.7 Å². The molecule has 108 valence electrons. The van der Waals surface area contributed by atoms with Crippen molar-refractivity contribution in [2.45, 2.75) is 13.8 Å². The first-order chi connectivity index (χ1) is 10.0. The van der Waals surface area contributed by atoms with Gasteiger partial charge in [0.25, 0.3) is 5.91 Å². The first-order valence-corrected chi connectivity index (χ1v) is 6.67. The maximum atomic E-state index is 10.6. The number of amides is 1. The van der Waals surface area contributed by atoms with Gasteiger partial charge in [0.2, 0.25) is 0 Å². The number of nitrogens with two attached hydrogens (primary N) is 1. The van der Waals surface area contributed by atoms with Crippen molar-refractivity contribution in [1.82, 2.24) is 0 Å². The van der Waals surface area contributed by atoms with E-state index in [2.05, 4.69) is 23.2 Å². The maximum Gasteiger partial charge on any atom is 0.255 e. The van der Waals surface area contributed by atoms with Crippen LogP contribution in [0, 0.1) is 13.8 Å². The average molecular weight is 282 g/mol. The molecule has 0 aromatic heterocycles. The summed E-state index contributed by atoms with van der Waals surface area (Å²) < 4.78 is 5.20. The third-order valence-corrected chi connectivity index (χ3v) is 2.98. The van der Waals surface area contributed by atoms with Crippen molar-refractivity contribution in [1.29, 1.82) is 0 Å². The molecule has 0 saturated carbocycles. The predicted molar refractivity (Wildman–Crippen MR) is 84.3 cm³/mol. The highest BCUT2D eigenvalue weighted by molar-refractivity contribution is 5.82.